The third-order valence-electron chi connectivity index (χ3n) is 17.8. The van der Waals surface area contributed by atoms with E-state index in [0.717, 1.165) is 99.5 Å². The molecule has 0 fully saturated rings. The van der Waals surface area contributed by atoms with Crippen molar-refractivity contribution >= 4 is 99.5 Å². The highest BCUT2D eigenvalue weighted by atomic mass is 16.4. The van der Waals surface area contributed by atoms with Crippen LogP contribution in [-0.4, -0.2) is 0 Å². The Labute approximate surface area is 455 Å². The molecule has 0 N–H and O–H groups in total. The zero-order valence-corrected chi connectivity index (χ0v) is 45.5. The van der Waals surface area contributed by atoms with Crippen LogP contribution in [0.5, 0.6) is 0 Å². The summed E-state index contributed by atoms with van der Waals surface area (Å²) in [5.74, 6) is 0.883. The lowest BCUT2D eigenvalue weighted by Gasteiger charge is -2.28. The molecule has 2 heterocycles. The van der Waals surface area contributed by atoms with E-state index in [2.05, 4.69) is 271 Å². The van der Waals surface area contributed by atoms with E-state index in [0.29, 0.717) is 11.8 Å². The number of rotatable bonds is 8. The van der Waals surface area contributed by atoms with E-state index in [-0.39, 0.29) is 10.8 Å². The molecule has 11 aromatic carbocycles. The van der Waals surface area contributed by atoms with E-state index < -0.39 is 0 Å². The maximum atomic E-state index is 6.93. The van der Waals surface area contributed by atoms with E-state index >= 15 is 0 Å². The van der Waals surface area contributed by atoms with Gasteiger partial charge >= 0.3 is 0 Å². The highest BCUT2D eigenvalue weighted by Gasteiger charge is 2.37. The molecule has 78 heavy (non-hydrogen) atoms. The molecule has 0 saturated heterocycles. The topological polar surface area (TPSA) is 32.8 Å². The standard InChI is InChI=1S/C74H60N2O2/c1-43(2)45-17-23-51(24-18-45)75(55-29-31-59-57-13-9-11-15-65(57)73(5,6)67(59)41-55)53-27-21-47-37-63-61-33-34-62-64-38-48-22-28-54(36-50(48)40-70(64)78-72(62)71(61)77-69(63)39-49(47)35-53)76(52-25-19-46(20-26-52)44(3)4)56-30-32-60-58-14-10-12-16-66(58)74(7,8)68(60)42-56/h9-44H,1-8H3. The van der Waals surface area contributed by atoms with Crippen LogP contribution in [-0.2, 0) is 10.8 Å². The quantitative estimate of drug-likeness (QED) is 0.152. The van der Waals surface area contributed by atoms with Crippen molar-refractivity contribution in [2.24, 2.45) is 0 Å². The lowest BCUT2D eigenvalue weighted by atomic mass is 9.82. The minimum Gasteiger partial charge on any atom is -0.452 e. The summed E-state index contributed by atoms with van der Waals surface area (Å²) in [5, 5.41) is 8.76. The van der Waals surface area contributed by atoms with Crippen LogP contribution in [0.25, 0.3) is 87.7 Å². The number of benzene rings is 11. The fraction of sp³-hybridized carbons (Fsp3) is 0.162. The Morgan fingerprint density at radius 1 is 0.308 bits per heavy atom. The van der Waals surface area contributed by atoms with Gasteiger partial charge in [-0.1, -0.05) is 152 Å². The first-order valence-electron chi connectivity index (χ1n) is 27.8. The van der Waals surface area contributed by atoms with Gasteiger partial charge in [-0.05, 0) is 198 Å². The van der Waals surface area contributed by atoms with E-state index in [9.17, 15) is 0 Å². The first-order valence-corrected chi connectivity index (χ1v) is 27.8. The van der Waals surface area contributed by atoms with E-state index in [1.807, 2.05) is 0 Å². The summed E-state index contributed by atoms with van der Waals surface area (Å²) < 4.78 is 13.9. The Morgan fingerprint density at radius 2 is 0.667 bits per heavy atom. The number of hydrogen-bond acceptors (Lipinski definition) is 4. The minimum atomic E-state index is -0.119. The molecule has 13 aromatic rings. The van der Waals surface area contributed by atoms with E-state index in [1.54, 1.807) is 0 Å². The molecule has 2 aromatic heterocycles. The van der Waals surface area contributed by atoms with Crippen molar-refractivity contribution in [3.05, 3.63) is 240 Å². The van der Waals surface area contributed by atoms with Crippen molar-refractivity contribution < 1.29 is 8.83 Å². The van der Waals surface area contributed by atoms with Crippen LogP contribution in [0.2, 0.25) is 0 Å². The zero-order chi connectivity index (χ0) is 52.9. The third-order valence-corrected chi connectivity index (χ3v) is 17.8. The van der Waals surface area contributed by atoms with Crippen LogP contribution in [0.3, 0.4) is 0 Å². The van der Waals surface area contributed by atoms with Gasteiger partial charge in [0.05, 0.1) is 0 Å². The average Bonchev–Trinajstić information content (AvgIpc) is 4.36. The molecule has 4 nitrogen and oxygen atoms in total. The zero-order valence-electron chi connectivity index (χ0n) is 45.5. The van der Waals surface area contributed by atoms with Gasteiger partial charge in [0, 0.05) is 66.5 Å². The van der Waals surface area contributed by atoms with Gasteiger partial charge in [-0.2, -0.15) is 0 Å². The number of anilines is 6. The summed E-state index contributed by atoms with van der Waals surface area (Å²) >= 11 is 0. The molecule has 2 aliphatic carbocycles. The molecular weight excluding hydrogens is 949 g/mol. The van der Waals surface area contributed by atoms with Gasteiger partial charge in [0.25, 0.3) is 0 Å². The Hall–Kier alpha value is -8.86. The molecule has 2 aliphatic rings. The molecule has 0 atom stereocenters. The van der Waals surface area contributed by atoms with Gasteiger partial charge in [0.15, 0.2) is 11.2 Å². The number of fused-ring (bicyclic) bond motifs is 15. The molecule has 0 unspecified atom stereocenters. The van der Waals surface area contributed by atoms with E-state index in [4.69, 9.17) is 8.83 Å². The molecule has 4 heteroatoms. The van der Waals surface area contributed by atoms with Crippen LogP contribution in [0.4, 0.5) is 34.1 Å². The molecule has 0 radical (unpaired) electrons. The van der Waals surface area contributed by atoms with Crippen LogP contribution in [0.15, 0.2) is 215 Å². The fourth-order valence-electron chi connectivity index (χ4n) is 13.4. The summed E-state index contributed by atoms with van der Waals surface area (Å²) in [6, 6.07) is 77.0. The first-order chi connectivity index (χ1) is 37.8. The van der Waals surface area contributed by atoms with Gasteiger partial charge < -0.3 is 18.6 Å². The Balaban J connectivity index is 0.825. The van der Waals surface area contributed by atoms with Crippen molar-refractivity contribution in [3.8, 4) is 22.3 Å². The maximum absolute atomic E-state index is 6.93. The minimum absolute atomic E-state index is 0.119. The third kappa shape index (κ3) is 6.91. The fourth-order valence-corrected chi connectivity index (χ4v) is 13.4. The van der Waals surface area contributed by atoms with Crippen molar-refractivity contribution in [2.75, 3.05) is 9.80 Å². The predicted octanol–water partition coefficient (Wildman–Crippen LogP) is 21.6. The second-order valence-electron chi connectivity index (χ2n) is 23.7. The molecule has 0 saturated carbocycles. The van der Waals surface area contributed by atoms with Gasteiger partial charge in [-0.15, -0.1) is 0 Å². The van der Waals surface area contributed by atoms with Gasteiger partial charge in [-0.25, -0.2) is 0 Å². The number of nitrogens with zero attached hydrogens (tertiary/aromatic N) is 2. The Bertz CT molecular complexity index is 4330. The second kappa shape index (κ2) is 16.8. The molecule has 0 spiro atoms. The summed E-state index contributed by atoms with van der Waals surface area (Å²) in [5.41, 5.74) is 23.0. The van der Waals surface area contributed by atoms with Crippen LogP contribution in [0, 0.1) is 0 Å². The molecular formula is C74H60N2O2. The predicted molar refractivity (Wildman–Crippen MR) is 329 cm³/mol. The average molecular weight is 1010 g/mol. The normalized spacial score (nSPS) is 14.1. The molecule has 0 amide bonds. The van der Waals surface area contributed by atoms with Gasteiger partial charge in [0.2, 0.25) is 0 Å². The summed E-state index contributed by atoms with van der Waals surface area (Å²) in [6.07, 6.45) is 0. The molecule has 15 rings (SSSR count). The highest BCUT2D eigenvalue weighted by molar-refractivity contribution is 6.21. The molecule has 0 aliphatic heterocycles. The Kier molecular flexibility index (Phi) is 10.0. The van der Waals surface area contributed by atoms with E-state index in [1.165, 1.54) is 55.6 Å². The van der Waals surface area contributed by atoms with Crippen LogP contribution < -0.4 is 9.80 Å². The monoisotopic (exact) mass is 1010 g/mol. The lowest BCUT2D eigenvalue weighted by molar-refractivity contribution is 0.634. The summed E-state index contributed by atoms with van der Waals surface area (Å²) in [7, 11) is 0. The lowest BCUT2D eigenvalue weighted by Crippen LogP contribution is -2.16. The van der Waals surface area contributed by atoms with Gasteiger partial charge in [0.1, 0.15) is 11.2 Å². The van der Waals surface area contributed by atoms with Crippen molar-refractivity contribution in [3.63, 3.8) is 0 Å². The van der Waals surface area contributed by atoms with Crippen LogP contribution in [0.1, 0.15) is 101 Å². The van der Waals surface area contributed by atoms with Crippen molar-refractivity contribution in [1.82, 2.24) is 0 Å². The highest BCUT2D eigenvalue weighted by Crippen LogP contribution is 2.53. The SMILES string of the molecule is CC(C)c1ccc(N(c2ccc3c(c2)C(C)(C)c2ccccc2-3)c2ccc3cc4c(cc3c2)oc2c4ccc3c4cc5ccc(N(c6ccc(C(C)C)cc6)c6ccc7c(c6)C(C)(C)c6ccccc6-7)cc5cc4oc32)cc1. The largest absolute Gasteiger partial charge is 0.452 e. The first kappa shape index (κ1) is 46.4. The number of hydrogen-bond donors (Lipinski definition) is 0. The van der Waals surface area contributed by atoms with Crippen LogP contribution >= 0.6 is 0 Å². The smallest absolute Gasteiger partial charge is 0.178 e. The maximum Gasteiger partial charge on any atom is 0.178 e. The number of furan rings is 2. The Morgan fingerprint density at radius 3 is 1.08 bits per heavy atom. The van der Waals surface area contributed by atoms with Crippen molar-refractivity contribution in [1.29, 1.82) is 0 Å². The summed E-state index contributed by atoms with van der Waals surface area (Å²) in [4.78, 5) is 4.82. The summed E-state index contributed by atoms with van der Waals surface area (Å²) in [6.45, 7) is 18.4. The molecule has 0 bridgehead atoms. The molecule has 378 valence electrons. The second-order valence-corrected chi connectivity index (χ2v) is 23.7. The van der Waals surface area contributed by atoms with Gasteiger partial charge in [-0.3, -0.25) is 0 Å². The van der Waals surface area contributed by atoms with Crippen molar-refractivity contribution in [2.45, 2.75) is 78.1 Å².